The number of hydrogen-bond donors (Lipinski definition) is 1. The first-order chi connectivity index (χ1) is 8.47. The summed E-state index contributed by atoms with van der Waals surface area (Å²) < 4.78 is 40.0. The molecule has 1 aromatic carbocycles. The maximum absolute atomic E-state index is 13.4. The Hall–Kier alpha value is -0.850. The molecular weight excluding hydrogens is 329 g/mol. The van der Waals surface area contributed by atoms with Crippen molar-refractivity contribution in [2.24, 2.45) is 0 Å². The molecule has 0 fully saturated rings. The van der Waals surface area contributed by atoms with Crippen LogP contribution in [0.4, 0.5) is 13.2 Å². The fraction of sp³-hybridized carbons (Fsp3) is 0.167. The minimum absolute atomic E-state index is 0.151. The summed E-state index contributed by atoms with van der Waals surface area (Å²) in [5, 5.41) is 11.7. The molecule has 0 aliphatic carbocycles. The van der Waals surface area contributed by atoms with Crippen LogP contribution in [-0.2, 0) is 6.42 Å². The van der Waals surface area contributed by atoms with Crippen LogP contribution in [0.1, 0.15) is 16.5 Å². The van der Waals surface area contributed by atoms with Crippen molar-refractivity contribution in [3.8, 4) is 0 Å². The van der Waals surface area contributed by atoms with Crippen molar-refractivity contribution in [1.29, 1.82) is 0 Å². The summed E-state index contributed by atoms with van der Waals surface area (Å²) in [5.41, 5.74) is -0.238. The van der Waals surface area contributed by atoms with E-state index in [9.17, 15) is 18.3 Å². The number of aliphatic hydroxyl groups is 1. The lowest BCUT2D eigenvalue weighted by Crippen LogP contribution is -2.05. The van der Waals surface area contributed by atoms with E-state index in [0.29, 0.717) is 12.1 Å². The molecule has 2 aromatic rings. The topological polar surface area (TPSA) is 20.2 Å². The van der Waals surface area contributed by atoms with Gasteiger partial charge in [-0.05, 0) is 28.1 Å². The lowest BCUT2D eigenvalue weighted by atomic mass is 10.0. The minimum atomic E-state index is -1.26. The molecule has 1 heterocycles. The first-order valence-electron chi connectivity index (χ1n) is 5.03. The Balaban J connectivity index is 2.23. The van der Waals surface area contributed by atoms with Crippen LogP contribution in [0.3, 0.4) is 0 Å². The molecule has 1 unspecified atom stereocenters. The Labute approximate surface area is 114 Å². The van der Waals surface area contributed by atoms with Gasteiger partial charge in [0.05, 0.1) is 6.10 Å². The summed E-state index contributed by atoms with van der Waals surface area (Å²) in [4.78, 5) is 0.818. The van der Waals surface area contributed by atoms with E-state index >= 15 is 0 Å². The fourth-order valence-corrected chi connectivity index (χ4v) is 3.04. The van der Waals surface area contributed by atoms with Crippen molar-refractivity contribution in [2.75, 3.05) is 0 Å². The monoisotopic (exact) mass is 336 g/mol. The largest absolute Gasteiger partial charge is 0.388 e. The van der Waals surface area contributed by atoms with Gasteiger partial charge in [-0.25, -0.2) is 13.2 Å². The average Bonchev–Trinajstić information content (AvgIpc) is 2.69. The van der Waals surface area contributed by atoms with Gasteiger partial charge in [0, 0.05) is 32.8 Å². The van der Waals surface area contributed by atoms with E-state index in [1.807, 2.05) is 5.38 Å². The Bertz CT molecular complexity index is 570. The van der Waals surface area contributed by atoms with Crippen molar-refractivity contribution in [1.82, 2.24) is 0 Å². The van der Waals surface area contributed by atoms with E-state index < -0.39 is 23.6 Å². The van der Waals surface area contributed by atoms with Crippen LogP contribution in [0, 0.1) is 17.5 Å². The molecule has 6 heteroatoms. The number of thiophene rings is 1. The lowest BCUT2D eigenvalue weighted by molar-refractivity contribution is 0.173. The predicted octanol–water partition coefficient (Wildman–Crippen LogP) is 4.20. The highest BCUT2D eigenvalue weighted by molar-refractivity contribution is 9.10. The van der Waals surface area contributed by atoms with Gasteiger partial charge in [-0.2, -0.15) is 0 Å². The second kappa shape index (κ2) is 5.42. The zero-order valence-electron chi connectivity index (χ0n) is 8.96. The summed E-state index contributed by atoms with van der Waals surface area (Å²) in [5.74, 6) is -3.38. The third kappa shape index (κ3) is 2.93. The van der Waals surface area contributed by atoms with Gasteiger partial charge < -0.3 is 5.11 Å². The first-order valence-corrected chi connectivity index (χ1v) is 6.70. The van der Waals surface area contributed by atoms with E-state index in [0.717, 1.165) is 9.35 Å². The normalized spacial score (nSPS) is 12.7. The highest BCUT2D eigenvalue weighted by atomic mass is 79.9. The SMILES string of the molecule is OC(Cc1cc(Br)cs1)c1cc(F)c(F)cc1F. The van der Waals surface area contributed by atoms with E-state index in [1.165, 1.54) is 11.3 Å². The molecule has 0 saturated heterocycles. The quantitative estimate of drug-likeness (QED) is 0.832. The van der Waals surface area contributed by atoms with E-state index in [1.54, 1.807) is 6.07 Å². The second-order valence-electron chi connectivity index (χ2n) is 3.74. The highest BCUT2D eigenvalue weighted by Gasteiger charge is 2.17. The lowest BCUT2D eigenvalue weighted by Gasteiger charge is -2.11. The molecule has 0 bridgehead atoms. The number of halogens is 4. The molecule has 96 valence electrons. The number of rotatable bonds is 3. The Kier molecular flexibility index (Phi) is 4.09. The highest BCUT2D eigenvalue weighted by Crippen LogP contribution is 2.27. The molecule has 1 aromatic heterocycles. The zero-order valence-corrected chi connectivity index (χ0v) is 11.4. The molecule has 2 rings (SSSR count). The molecule has 0 aliphatic rings. The summed E-state index contributed by atoms with van der Waals surface area (Å²) in [6.45, 7) is 0. The standard InChI is InChI=1S/C12H8BrF3OS/c13-6-1-7(18-5-6)2-12(17)8-3-10(15)11(16)4-9(8)14/h1,3-5,12,17H,2H2. The second-order valence-corrected chi connectivity index (χ2v) is 5.65. The maximum atomic E-state index is 13.4. The van der Waals surface area contributed by atoms with E-state index in [4.69, 9.17) is 0 Å². The molecule has 1 nitrogen and oxygen atoms in total. The number of aliphatic hydroxyl groups excluding tert-OH is 1. The third-order valence-corrected chi connectivity index (χ3v) is 4.13. The number of hydrogen-bond acceptors (Lipinski definition) is 2. The van der Waals surface area contributed by atoms with Crippen molar-refractivity contribution in [3.63, 3.8) is 0 Å². The van der Waals surface area contributed by atoms with Gasteiger partial charge in [0.1, 0.15) is 5.82 Å². The summed E-state index contributed by atoms with van der Waals surface area (Å²) >= 11 is 4.65. The summed E-state index contributed by atoms with van der Waals surface area (Å²) in [7, 11) is 0. The Morgan fingerprint density at radius 2 is 1.78 bits per heavy atom. The average molecular weight is 337 g/mol. The van der Waals surface area contributed by atoms with E-state index in [2.05, 4.69) is 15.9 Å². The van der Waals surface area contributed by atoms with Crippen LogP contribution in [0.5, 0.6) is 0 Å². The number of benzene rings is 1. The van der Waals surface area contributed by atoms with Crippen LogP contribution in [0.15, 0.2) is 28.1 Å². The fourth-order valence-electron chi connectivity index (χ4n) is 1.55. The minimum Gasteiger partial charge on any atom is -0.388 e. The summed E-state index contributed by atoms with van der Waals surface area (Å²) in [6.07, 6.45) is -1.05. The molecule has 0 radical (unpaired) electrons. The molecule has 1 N–H and O–H groups in total. The van der Waals surface area contributed by atoms with Gasteiger partial charge in [-0.3, -0.25) is 0 Å². The smallest absolute Gasteiger partial charge is 0.161 e. The Morgan fingerprint density at radius 3 is 2.39 bits per heavy atom. The van der Waals surface area contributed by atoms with Crippen molar-refractivity contribution in [2.45, 2.75) is 12.5 Å². The van der Waals surface area contributed by atoms with Crippen LogP contribution in [0.2, 0.25) is 0 Å². The van der Waals surface area contributed by atoms with Crippen LogP contribution >= 0.6 is 27.3 Å². The summed E-state index contributed by atoms with van der Waals surface area (Å²) in [6, 6.07) is 2.92. The van der Waals surface area contributed by atoms with Gasteiger partial charge in [0.2, 0.25) is 0 Å². The van der Waals surface area contributed by atoms with Crippen LogP contribution in [-0.4, -0.2) is 5.11 Å². The Morgan fingerprint density at radius 1 is 1.11 bits per heavy atom. The molecule has 1 atom stereocenters. The van der Waals surface area contributed by atoms with Crippen molar-refractivity contribution < 1.29 is 18.3 Å². The molecule has 18 heavy (non-hydrogen) atoms. The first kappa shape index (κ1) is 13.6. The third-order valence-electron chi connectivity index (χ3n) is 2.41. The van der Waals surface area contributed by atoms with Crippen LogP contribution in [0.25, 0.3) is 0 Å². The van der Waals surface area contributed by atoms with Crippen molar-refractivity contribution in [3.05, 3.63) is 55.9 Å². The molecule has 0 spiro atoms. The van der Waals surface area contributed by atoms with Gasteiger partial charge in [0.25, 0.3) is 0 Å². The van der Waals surface area contributed by atoms with Gasteiger partial charge in [-0.15, -0.1) is 11.3 Å². The van der Waals surface area contributed by atoms with Crippen molar-refractivity contribution >= 4 is 27.3 Å². The van der Waals surface area contributed by atoms with Gasteiger partial charge in [0.15, 0.2) is 11.6 Å². The molecule has 0 aliphatic heterocycles. The zero-order chi connectivity index (χ0) is 13.3. The maximum Gasteiger partial charge on any atom is 0.161 e. The molecular formula is C12H8BrF3OS. The van der Waals surface area contributed by atoms with E-state index in [-0.39, 0.29) is 12.0 Å². The predicted molar refractivity (Wildman–Crippen MR) is 67.0 cm³/mol. The molecule has 0 amide bonds. The molecule has 0 saturated carbocycles. The van der Waals surface area contributed by atoms with Crippen LogP contribution < -0.4 is 0 Å². The van der Waals surface area contributed by atoms with Gasteiger partial charge in [-0.1, -0.05) is 0 Å². The van der Waals surface area contributed by atoms with Gasteiger partial charge >= 0.3 is 0 Å².